The molecule has 0 bridgehead atoms. The zero-order valence-electron chi connectivity index (χ0n) is 13.5. The standard InChI is InChI=1S/C15H15BrClN5O3/c1-21-12-11(13(23)20-15(21)24)22(14(16)19-12)6-5-18-9-7-8(17)3-4-10(9)25-2/h3-4,7,18H,5-6H2,1-2H3,(H,20,23,24). The Bertz CT molecular complexity index is 1060. The molecule has 0 atom stereocenters. The Hall–Kier alpha value is -2.26. The number of hydrogen-bond donors (Lipinski definition) is 2. The van der Waals surface area contributed by atoms with Crippen LogP contribution in [0.25, 0.3) is 11.2 Å². The first-order valence-corrected chi connectivity index (χ1v) is 8.52. The maximum atomic E-state index is 12.2. The van der Waals surface area contributed by atoms with Gasteiger partial charge in [0.25, 0.3) is 5.56 Å². The van der Waals surface area contributed by atoms with Crippen LogP contribution in [-0.4, -0.2) is 32.8 Å². The molecule has 10 heteroatoms. The lowest BCUT2D eigenvalue weighted by molar-refractivity contribution is 0.416. The second-order valence-corrected chi connectivity index (χ2v) is 6.44. The predicted octanol–water partition coefficient (Wildman–Crippen LogP) is 1.96. The Balaban J connectivity index is 1.89. The SMILES string of the molecule is COc1ccc(Cl)cc1NCCn1c(Br)nc2c1c(=O)[nH]c(=O)n2C. The number of aryl methyl sites for hydroxylation is 1. The van der Waals surface area contributed by atoms with Gasteiger partial charge in [-0.2, -0.15) is 0 Å². The normalized spacial score (nSPS) is 11.0. The molecule has 1 aromatic carbocycles. The molecule has 0 aliphatic rings. The molecule has 0 aliphatic carbocycles. The van der Waals surface area contributed by atoms with Crippen molar-refractivity contribution in [2.24, 2.45) is 7.05 Å². The number of rotatable bonds is 5. The summed E-state index contributed by atoms with van der Waals surface area (Å²) in [7, 11) is 3.13. The number of fused-ring (bicyclic) bond motifs is 1. The fourth-order valence-electron chi connectivity index (χ4n) is 2.53. The van der Waals surface area contributed by atoms with Crippen molar-refractivity contribution >= 4 is 44.4 Å². The second kappa shape index (κ2) is 6.93. The third kappa shape index (κ3) is 3.29. The summed E-state index contributed by atoms with van der Waals surface area (Å²) < 4.78 is 8.74. The number of H-pyrrole nitrogens is 1. The van der Waals surface area contributed by atoms with Crippen LogP contribution in [0.4, 0.5) is 5.69 Å². The summed E-state index contributed by atoms with van der Waals surface area (Å²) >= 11 is 9.35. The fourth-order valence-corrected chi connectivity index (χ4v) is 3.23. The number of ether oxygens (including phenoxy) is 1. The second-order valence-electron chi connectivity index (χ2n) is 5.29. The highest BCUT2D eigenvalue weighted by molar-refractivity contribution is 9.10. The van der Waals surface area contributed by atoms with Crippen molar-refractivity contribution in [1.82, 2.24) is 19.1 Å². The Labute approximate surface area is 155 Å². The van der Waals surface area contributed by atoms with Gasteiger partial charge < -0.3 is 14.6 Å². The highest BCUT2D eigenvalue weighted by atomic mass is 79.9. The number of aromatic nitrogens is 4. The van der Waals surface area contributed by atoms with E-state index in [1.807, 2.05) is 0 Å². The summed E-state index contributed by atoms with van der Waals surface area (Å²) in [6.07, 6.45) is 0. The van der Waals surface area contributed by atoms with E-state index in [9.17, 15) is 9.59 Å². The highest BCUT2D eigenvalue weighted by Gasteiger charge is 2.15. The molecule has 0 amide bonds. The first-order valence-electron chi connectivity index (χ1n) is 7.35. The average Bonchev–Trinajstić information content (AvgIpc) is 2.90. The van der Waals surface area contributed by atoms with Gasteiger partial charge in [-0.05, 0) is 34.1 Å². The Morgan fingerprint density at radius 2 is 2.16 bits per heavy atom. The molecular weight excluding hydrogens is 414 g/mol. The number of halogens is 2. The number of nitrogens with zero attached hydrogens (tertiary/aromatic N) is 3. The monoisotopic (exact) mass is 427 g/mol. The number of benzene rings is 1. The van der Waals surface area contributed by atoms with Crippen LogP contribution in [0.1, 0.15) is 0 Å². The quantitative estimate of drug-likeness (QED) is 0.606. The van der Waals surface area contributed by atoms with Gasteiger partial charge >= 0.3 is 5.69 Å². The zero-order chi connectivity index (χ0) is 18.1. The van der Waals surface area contributed by atoms with E-state index in [4.69, 9.17) is 16.3 Å². The van der Waals surface area contributed by atoms with Gasteiger partial charge in [0, 0.05) is 25.2 Å². The van der Waals surface area contributed by atoms with Crippen molar-refractivity contribution in [3.8, 4) is 5.75 Å². The number of nitrogens with one attached hydrogen (secondary N) is 2. The molecule has 0 aliphatic heterocycles. The van der Waals surface area contributed by atoms with E-state index in [1.165, 1.54) is 4.57 Å². The Kier molecular flexibility index (Phi) is 4.87. The molecule has 0 fully saturated rings. The fraction of sp³-hybridized carbons (Fsp3) is 0.267. The van der Waals surface area contributed by atoms with Gasteiger partial charge in [-0.15, -0.1) is 0 Å². The lowest BCUT2D eigenvalue weighted by Crippen LogP contribution is -2.29. The van der Waals surface area contributed by atoms with E-state index in [0.29, 0.717) is 39.8 Å². The van der Waals surface area contributed by atoms with Crippen LogP contribution < -0.4 is 21.3 Å². The third-order valence-electron chi connectivity index (χ3n) is 3.77. The van der Waals surface area contributed by atoms with E-state index >= 15 is 0 Å². The van der Waals surface area contributed by atoms with Crippen LogP contribution in [0.2, 0.25) is 5.02 Å². The topological polar surface area (TPSA) is 93.9 Å². The van der Waals surface area contributed by atoms with Gasteiger partial charge in [0.05, 0.1) is 12.8 Å². The number of methoxy groups -OCH3 is 1. The minimum Gasteiger partial charge on any atom is -0.495 e. The molecule has 0 unspecified atom stereocenters. The molecule has 8 nitrogen and oxygen atoms in total. The van der Waals surface area contributed by atoms with Gasteiger partial charge in [0.1, 0.15) is 5.75 Å². The molecule has 0 saturated heterocycles. The number of aromatic amines is 1. The van der Waals surface area contributed by atoms with E-state index in [2.05, 4.69) is 31.2 Å². The van der Waals surface area contributed by atoms with Crippen molar-refractivity contribution in [2.45, 2.75) is 6.54 Å². The van der Waals surface area contributed by atoms with E-state index < -0.39 is 11.2 Å². The van der Waals surface area contributed by atoms with Crippen molar-refractivity contribution in [2.75, 3.05) is 19.0 Å². The molecule has 2 aromatic heterocycles. The maximum absolute atomic E-state index is 12.2. The van der Waals surface area contributed by atoms with Crippen molar-refractivity contribution in [3.63, 3.8) is 0 Å². The summed E-state index contributed by atoms with van der Waals surface area (Å²) in [6.45, 7) is 0.928. The average molecular weight is 429 g/mol. The van der Waals surface area contributed by atoms with Gasteiger partial charge in [0.15, 0.2) is 15.9 Å². The zero-order valence-corrected chi connectivity index (χ0v) is 15.8. The molecule has 0 saturated carbocycles. The van der Waals surface area contributed by atoms with Crippen LogP contribution in [0.5, 0.6) is 5.75 Å². The van der Waals surface area contributed by atoms with Crippen LogP contribution >= 0.6 is 27.5 Å². The summed E-state index contributed by atoms with van der Waals surface area (Å²) in [5.41, 5.74) is 0.416. The van der Waals surface area contributed by atoms with Crippen LogP contribution in [0.3, 0.4) is 0 Å². The summed E-state index contributed by atoms with van der Waals surface area (Å²) in [5.74, 6) is 0.666. The van der Waals surface area contributed by atoms with Gasteiger partial charge in [-0.1, -0.05) is 11.6 Å². The Morgan fingerprint density at radius 3 is 2.88 bits per heavy atom. The van der Waals surface area contributed by atoms with Crippen LogP contribution in [0, 0.1) is 0 Å². The first-order chi connectivity index (χ1) is 11.9. The molecule has 2 N–H and O–H groups in total. The largest absolute Gasteiger partial charge is 0.495 e. The summed E-state index contributed by atoms with van der Waals surface area (Å²) in [4.78, 5) is 30.4. The summed E-state index contributed by atoms with van der Waals surface area (Å²) in [5, 5.41) is 3.81. The van der Waals surface area contributed by atoms with Crippen LogP contribution in [0.15, 0.2) is 32.5 Å². The van der Waals surface area contributed by atoms with Crippen LogP contribution in [-0.2, 0) is 13.6 Å². The van der Waals surface area contributed by atoms with Gasteiger partial charge in [0.2, 0.25) is 0 Å². The molecular formula is C15H15BrClN5O3. The summed E-state index contributed by atoms with van der Waals surface area (Å²) in [6, 6.07) is 5.28. The third-order valence-corrected chi connectivity index (χ3v) is 4.61. The minimum absolute atomic E-state index is 0.320. The first kappa shape index (κ1) is 17.6. The van der Waals surface area contributed by atoms with Crippen molar-refractivity contribution < 1.29 is 4.74 Å². The molecule has 3 aromatic rings. The Morgan fingerprint density at radius 1 is 1.40 bits per heavy atom. The van der Waals surface area contributed by atoms with E-state index in [0.717, 1.165) is 5.69 Å². The van der Waals surface area contributed by atoms with Crippen molar-refractivity contribution in [1.29, 1.82) is 0 Å². The maximum Gasteiger partial charge on any atom is 0.329 e. The van der Waals surface area contributed by atoms with E-state index in [1.54, 1.807) is 36.9 Å². The number of anilines is 1. The van der Waals surface area contributed by atoms with Crippen molar-refractivity contribution in [3.05, 3.63) is 48.8 Å². The minimum atomic E-state index is -0.503. The van der Waals surface area contributed by atoms with Gasteiger partial charge in [-0.3, -0.25) is 14.3 Å². The highest BCUT2D eigenvalue weighted by Crippen LogP contribution is 2.27. The predicted molar refractivity (Wildman–Crippen MR) is 99.8 cm³/mol. The lowest BCUT2D eigenvalue weighted by atomic mass is 10.3. The smallest absolute Gasteiger partial charge is 0.329 e. The van der Waals surface area contributed by atoms with E-state index in [-0.39, 0.29) is 0 Å². The number of hydrogen-bond acceptors (Lipinski definition) is 5. The molecule has 2 heterocycles. The molecule has 0 spiro atoms. The molecule has 25 heavy (non-hydrogen) atoms. The molecule has 0 radical (unpaired) electrons. The molecule has 132 valence electrons. The molecule has 3 rings (SSSR count). The number of imidazole rings is 1. The van der Waals surface area contributed by atoms with Gasteiger partial charge in [-0.25, -0.2) is 9.78 Å². The lowest BCUT2D eigenvalue weighted by Gasteiger charge is -2.12.